The second-order valence-corrected chi connectivity index (χ2v) is 7.47. The molecule has 0 aromatic carbocycles. The fourth-order valence-corrected chi connectivity index (χ4v) is 3.27. The minimum atomic E-state index is -1.79. The van der Waals surface area contributed by atoms with E-state index in [0.717, 1.165) is 6.92 Å². The third-order valence-electron chi connectivity index (χ3n) is 5.21. The average molecular weight is 466 g/mol. The number of aliphatic hydroxyl groups is 6. The smallest absolute Gasteiger partial charge is 0.333 e. The van der Waals surface area contributed by atoms with Gasteiger partial charge >= 0.3 is 11.9 Å². The van der Waals surface area contributed by atoms with Gasteiger partial charge in [0.15, 0.2) is 24.8 Å². The molecule has 2 fully saturated rings. The molecule has 0 saturated carbocycles. The van der Waals surface area contributed by atoms with Gasteiger partial charge in [-0.2, -0.15) is 0 Å². The zero-order chi connectivity index (χ0) is 24.2. The summed E-state index contributed by atoms with van der Waals surface area (Å²) in [5, 5.41) is 60.5. The van der Waals surface area contributed by atoms with Gasteiger partial charge in [0, 0.05) is 12.5 Å². The van der Waals surface area contributed by atoms with Gasteiger partial charge in [-0.25, -0.2) is 4.79 Å². The number of esters is 2. The molecular weight excluding hydrogens is 436 g/mol. The van der Waals surface area contributed by atoms with Crippen molar-refractivity contribution in [1.29, 1.82) is 0 Å². The van der Waals surface area contributed by atoms with E-state index in [-0.39, 0.29) is 5.57 Å². The van der Waals surface area contributed by atoms with Crippen molar-refractivity contribution in [2.24, 2.45) is 0 Å². The first-order valence-corrected chi connectivity index (χ1v) is 9.97. The Hall–Kier alpha value is -1.68. The van der Waals surface area contributed by atoms with Gasteiger partial charge in [-0.3, -0.25) is 4.79 Å². The maximum Gasteiger partial charge on any atom is 0.333 e. The number of carbonyl (C=O) groups is 2. The summed E-state index contributed by atoms with van der Waals surface area (Å²) in [6, 6.07) is 0. The summed E-state index contributed by atoms with van der Waals surface area (Å²) in [6.45, 7) is 2.64. The molecule has 2 saturated heterocycles. The summed E-state index contributed by atoms with van der Waals surface area (Å²) in [6.07, 6.45) is -14.4. The quantitative estimate of drug-likeness (QED) is 0.161. The summed E-state index contributed by atoms with van der Waals surface area (Å²) >= 11 is 0. The molecule has 13 heteroatoms. The van der Waals surface area contributed by atoms with Gasteiger partial charge in [0.25, 0.3) is 0 Å². The predicted molar refractivity (Wildman–Crippen MR) is 101 cm³/mol. The molecule has 0 aromatic rings. The third kappa shape index (κ3) is 5.81. The van der Waals surface area contributed by atoms with Crippen LogP contribution < -0.4 is 0 Å². The number of carbonyl (C=O) groups excluding carboxylic acids is 2. The van der Waals surface area contributed by atoms with Crippen LogP contribution in [0.25, 0.3) is 0 Å². The van der Waals surface area contributed by atoms with Crippen LogP contribution in [0.2, 0.25) is 0 Å². The van der Waals surface area contributed by atoms with E-state index in [1.807, 2.05) is 0 Å². The number of ether oxygens (including phenoxy) is 5. The summed E-state index contributed by atoms with van der Waals surface area (Å²) < 4.78 is 26.1. The first kappa shape index (κ1) is 26.6. The molecule has 0 aliphatic carbocycles. The van der Waals surface area contributed by atoms with E-state index in [2.05, 4.69) is 0 Å². The van der Waals surface area contributed by atoms with Crippen LogP contribution in [-0.4, -0.2) is 117 Å². The molecule has 0 aromatic heterocycles. The van der Waals surface area contributed by atoms with Crippen molar-refractivity contribution in [1.82, 2.24) is 0 Å². The van der Waals surface area contributed by atoms with E-state index in [4.69, 9.17) is 23.7 Å². The molecule has 0 bridgehead atoms. The summed E-state index contributed by atoms with van der Waals surface area (Å²) in [5.41, 5.74) is 0.198. The van der Waals surface area contributed by atoms with Crippen molar-refractivity contribution in [3.05, 3.63) is 11.6 Å². The predicted octanol–water partition coefficient (Wildman–Crippen LogP) is -3.31. The Kier molecular flexibility index (Phi) is 9.51. The maximum atomic E-state index is 12.1. The van der Waals surface area contributed by atoms with Crippen molar-refractivity contribution in [2.45, 2.75) is 82.2 Å². The van der Waals surface area contributed by atoms with E-state index in [9.17, 15) is 40.2 Å². The zero-order valence-electron chi connectivity index (χ0n) is 17.8. The second kappa shape index (κ2) is 11.4. The van der Waals surface area contributed by atoms with Crippen molar-refractivity contribution in [3.8, 4) is 0 Å². The normalized spacial score (nSPS) is 40.6. The van der Waals surface area contributed by atoms with Gasteiger partial charge in [-0.15, -0.1) is 0 Å². The molecule has 0 radical (unpaired) electrons. The Bertz CT molecular complexity index is 682. The number of hydrogen-bond acceptors (Lipinski definition) is 13. The van der Waals surface area contributed by atoms with Crippen molar-refractivity contribution < 1.29 is 63.9 Å². The van der Waals surface area contributed by atoms with Crippen LogP contribution in [0.5, 0.6) is 0 Å². The Balaban J connectivity index is 2.22. The molecule has 2 aliphatic heterocycles. The fourth-order valence-electron chi connectivity index (χ4n) is 3.27. The molecule has 10 unspecified atom stereocenters. The molecule has 10 atom stereocenters. The highest BCUT2D eigenvalue weighted by Gasteiger charge is 2.52. The lowest BCUT2D eigenvalue weighted by molar-refractivity contribution is -0.376. The van der Waals surface area contributed by atoms with Gasteiger partial charge in [-0.05, 0) is 13.8 Å². The van der Waals surface area contributed by atoms with Crippen LogP contribution in [0, 0.1) is 0 Å². The first-order valence-electron chi connectivity index (χ1n) is 9.97. The molecule has 2 aliphatic rings. The van der Waals surface area contributed by atoms with Gasteiger partial charge in [0.05, 0.1) is 13.2 Å². The van der Waals surface area contributed by atoms with Gasteiger partial charge in [-0.1, -0.05) is 6.08 Å². The average Bonchev–Trinajstić information content (AvgIpc) is 2.76. The molecule has 0 amide bonds. The molecule has 32 heavy (non-hydrogen) atoms. The van der Waals surface area contributed by atoms with E-state index < -0.39 is 86.6 Å². The highest BCUT2D eigenvalue weighted by Crippen LogP contribution is 2.30. The summed E-state index contributed by atoms with van der Waals surface area (Å²) in [5.74, 6) is -1.66. The monoisotopic (exact) mass is 466 g/mol. The number of rotatable bonds is 7. The van der Waals surface area contributed by atoms with Gasteiger partial charge in [0.2, 0.25) is 0 Å². The molecular formula is C19H30O13. The molecule has 0 spiro atoms. The van der Waals surface area contributed by atoms with E-state index in [0.29, 0.717) is 0 Å². The van der Waals surface area contributed by atoms with Gasteiger partial charge < -0.3 is 54.3 Å². The van der Waals surface area contributed by atoms with Crippen molar-refractivity contribution in [3.63, 3.8) is 0 Å². The second-order valence-electron chi connectivity index (χ2n) is 7.47. The van der Waals surface area contributed by atoms with E-state index in [1.165, 1.54) is 13.0 Å². The Morgan fingerprint density at radius 1 is 0.812 bits per heavy atom. The Labute approximate surface area is 183 Å². The molecule has 2 rings (SSSR count). The summed E-state index contributed by atoms with van der Waals surface area (Å²) in [4.78, 5) is 23.4. The van der Waals surface area contributed by atoms with Gasteiger partial charge in [0.1, 0.15) is 36.6 Å². The standard InChI is InChI=1S/C19H30O13/c1-4-7(2)17(27)31-16-12(24)10(6-21)30-19(14(16)26)32-18-13(25)15(28-8(3)22)11(23)9(5-20)29-18/h4,9-16,18-21,23-26H,5-6H2,1-3H3/b7-4-. The molecule has 6 N–H and O–H groups in total. The maximum absolute atomic E-state index is 12.1. The highest BCUT2D eigenvalue weighted by molar-refractivity contribution is 5.87. The number of aliphatic hydroxyl groups excluding tert-OH is 6. The first-order chi connectivity index (χ1) is 15.0. The van der Waals surface area contributed by atoms with Crippen LogP contribution in [0.4, 0.5) is 0 Å². The number of allylic oxidation sites excluding steroid dienone is 1. The van der Waals surface area contributed by atoms with Crippen molar-refractivity contribution >= 4 is 11.9 Å². The minimum absolute atomic E-state index is 0.198. The van der Waals surface area contributed by atoms with Crippen LogP contribution in [0.15, 0.2) is 11.6 Å². The van der Waals surface area contributed by atoms with E-state index in [1.54, 1.807) is 6.92 Å². The SMILES string of the molecule is C/C=C(/C)C(=O)OC1C(O)C(CO)OC(OC2OC(CO)C(O)C(OC(C)=O)C2O)C1O. The van der Waals surface area contributed by atoms with Crippen LogP contribution >= 0.6 is 0 Å². The van der Waals surface area contributed by atoms with Crippen LogP contribution in [0.3, 0.4) is 0 Å². The Morgan fingerprint density at radius 3 is 1.62 bits per heavy atom. The third-order valence-corrected chi connectivity index (χ3v) is 5.21. The largest absolute Gasteiger partial charge is 0.457 e. The lowest BCUT2D eigenvalue weighted by atomic mass is 9.97. The van der Waals surface area contributed by atoms with Crippen LogP contribution in [0.1, 0.15) is 20.8 Å². The molecule has 13 nitrogen and oxygen atoms in total. The van der Waals surface area contributed by atoms with Crippen LogP contribution in [-0.2, 0) is 33.3 Å². The minimum Gasteiger partial charge on any atom is -0.457 e. The molecule has 2 heterocycles. The van der Waals surface area contributed by atoms with Crippen molar-refractivity contribution in [2.75, 3.05) is 13.2 Å². The Morgan fingerprint density at radius 2 is 1.25 bits per heavy atom. The highest BCUT2D eigenvalue weighted by atomic mass is 16.8. The fraction of sp³-hybridized carbons (Fsp3) is 0.789. The zero-order valence-corrected chi connectivity index (χ0v) is 17.8. The molecule has 184 valence electrons. The summed E-state index contributed by atoms with van der Waals surface area (Å²) in [7, 11) is 0. The topological polar surface area (TPSA) is 202 Å². The lowest BCUT2D eigenvalue weighted by Crippen LogP contribution is -2.64. The van der Waals surface area contributed by atoms with E-state index >= 15 is 0 Å². The lowest BCUT2D eigenvalue weighted by Gasteiger charge is -2.45. The number of hydrogen-bond donors (Lipinski definition) is 6.